The molecule has 0 aliphatic heterocycles. The molecule has 3 N–H and O–H groups in total. The van der Waals surface area contributed by atoms with Crippen LogP contribution in [-0.2, 0) is 33.4 Å². The third-order valence-electron chi connectivity index (χ3n) is 2.69. The third-order valence-corrected chi connectivity index (χ3v) is 3.28. The summed E-state index contributed by atoms with van der Waals surface area (Å²) >= 11 is 2.98. The molecule has 11 heteroatoms. The lowest BCUT2D eigenvalue weighted by Gasteiger charge is -2.06. The van der Waals surface area contributed by atoms with Crippen molar-refractivity contribution in [2.45, 2.75) is 12.8 Å². The number of hydrogen-bond acceptors (Lipinski definition) is 7. The molecule has 0 atom stereocenters. The minimum atomic E-state index is -0.926. The fraction of sp³-hybridized carbons (Fsp3) is 0.600. The Bertz CT molecular complexity index is 510. The van der Waals surface area contributed by atoms with E-state index in [0.717, 1.165) is 6.08 Å². The first-order valence-corrected chi connectivity index (χ1v) is 8.53. The molecular weight excluding hydrogens is 416 g/mol. The molecule has 0 heterocycles. The lowest BCUT2D eigenvalue weighted by molar-refractivity contribution is -0.140. The quantitative estimate of drug-likeness (QED) is 0.188. The summed E-state index contributed by atoms with van der Waals surface area (Å²) < 4.78 is 14.7. The molecule has 0 unspecified atom stereocenters. The van der Waals surface area contributed by atoms with Crippen LogP contribution in [0.4, 0.5) is 0 Å². The van der Waals surface area contributed by atoms with Gasteiger partial charge in [-0.15, -0.1) is 0 Å². The van der Waals surface area contributed by atoms with Gasteiger partial charge in [0.25, 0.3) is 5.91 Å². The first-order valence-electron chi connectivity index (χ1n) is 7.74. The van der Waals surface area contributed by atoms with Crippen LogP contribution in [0.5, 0.6) is 0 Å². The number of halogens is 1. The number of carbonyl (C=O) groups is 4. The van der Waals surface area contributed by atoms with Gasteiger partial charge in [-0.2, -0.15) is 0 Å². The molecule has 0 bridgehead atoms. The zero-order valence-electron chi connectivity index (χ0n) is 14.4. The van der Waals surface area contributed by atoms with Crippen LogP contribution in [0, 0.1) is 0 Å². The second-order valence-electron chi connectivity index (χ2n) is 4.73. The number of carboxylic acids is 1. The van der Waals surface area contributed by atoms with Crippen molar-refractivity contribution in [1.82, 2.24) is 10.6 Å². The van der Waals surface area contributed by atoms with Crippen LogP contribution < -0.4 is 10.6 Å². The first-order chi connectivity index (χ1) is 12.4. The number of methoxy groups -OCH3 is 1. The van der Waals surface area contributed by atoms with E-state index in [9.17, 15) is 19.2 Å². The van der Waals surface area contributed by atoms with Crippen LogP contribution in [0.25, 0.3) is 0 Å². The number of nitrogens with one attached hydrogen (secondary N) is 2. The van der Waals surface area contributed by atoms with Crippen LogP contribution >= 0.6 is 15.9 Å². The van der Waals surface area contributed by atoms with Gasteiger partial charge in [-0.1, -0.05) is 0 Å². The number of esters is 1. The number of carboxylic acid groups (broad SMARTS) is 1. The highest BCUT2D eigenvalue weighted by atomic mass is 79.9. The first kappa shape index (κ1) is 24.0. The van der Waals surface area contributed by atoms with Gasteiger partial charge in [-0.3, -0.25) is 19.2 Å². The molecular formula is C15H23BrN2O8. The van der Waals surface area contributed by atoms with Crippen molar-refractivity contribution < 1.29 is 38.5 Å². The summed E-state index contributed by atoms with van der Waals surface area (Å²) in [6.07, 6.45) is 1.04. The highest BCUT2D eigenvalue weighted by Crippen LogP contribution is 2.04. The van der Waals surface area contributed by atoms with Gasteiger partial charge in [-0.05, 0) is 15.9 Å². The van der Waals surface area contributed by atoms with E-state index in [4.69, 9.17) is 14.6 Å². The molecule has 0 aromatic carbocycles. The maximum absolute atomic E-state index is 11.7. The molecule has 0 aliphatic rings. The predicted octanol–water partition coefficient (Wildman–Crippen LogP) is -0.431. The van der Waals surface area contributed by atoms with Crippen molar-refractivity contribution in [3.05, 3.63) is 10.6 Å². The van der Waals surface area contributed by atoms with E-state index in [1.807, 2.05) is 0 Å². The molecule has 0 saturated heterocycles. The number of hydrogen-bond donors (Lipinski definition) is 3. The molecule has 2 amide bonds. The summed E-state index contributed by atoms with van der Waals surface area (Å²) in [6, 6.07) is 0. The van der Waals surface area contributed by atoms with E-state index in [2.05, 4.69) is 31.3 Å². The summed E-state index contributed by atoms with van der Waals surface area (Å²) in [4.78, 5) is 44.4. The van der Waals surface area contributed by atoms with Crippen molar-refractivity contribution in [1.29, 1.82) is 0 Å². The fourth-order valence-electron chi connectivity index (χ4n) is 1.42. The highest BCUT2D eigenvalue weighted by Gasteiger charge is 2.09. The third kappa shape index (κ3) is 14.4. The molecule has 148 valence electrons. The molecule has 26 heavy (non-hydrogen) atoms. The smallest absolute Gasteiger partial charge is 0.307 e. The van der Waals surface area contributed by atoms with Crippen LogP contribution in [0.15, 0.2) is 10.6 Å². The van der Waals surface area contributed by atoms with Crippen LogP contribution in [0.2, 0.25) is 0 Å². The Kier molecular flexibility index (Phi) is 14.1. The van der Waals surface area contributed by atoms with Crippen LogP contribution in [0.1, 0.15) is 12.8 Å². The van der Waals surface area contributed by atoms with Gasteiger partial charge in [-0.25, -0.2) is 0 Å². The van der Waals surface area contributed by atoms with Gasteiger partial charge >= 0.3 is 11.9 Å². The van der Waals surface area contributed by atoms with Gasteiger partial charge in [0.2, 0.25) is 5.91 Å². The summed E-state index contributed by atoms with van der Waals surface area (Å²) in [5.74, 6) is -2.39. The van der Waals surface area contributed by atoms with Crippen molar-refractivity contribution >= 4 is 39.7 Å². The van der Waals surface area contributed by atoms with E-state index >= 15 is 0 Å². The Balaban J connectivity index is 3.75. The van der Waals surface area contributed by atoms with Crippen molar-refractivity contribution in [2.24, 2.45) is 0 Å². The summed E-state index contributed by atoms with van der Waals surface area (Å²) in [5, 5.41) is 13.4. The Hall–Kier alpha value is -1.98. The number of amides is 2. The molecule has 0 fully saturated rings. The molecule has 0 radical (unpaired) electrons. The highest BCUT2D eigenvalue weighted by molar-refractivity contribution is 9.12. The normalized spacial score (nSPS) is 10.9. The lowest BCUT2D eigenvalue weighted by atomic mass is 10.4. The molecule has 0 aromatic rings. The van der Waals surface area contributed by atoms with E-state index < -0.39 is 23.8 Å². The van der Waals surface area contributed by atoms with Crippen molar-refractivity contribution in [3.63, 3.8) is 0 Å². The van der Waals surface area contributed by atoms with Gasteiger partial charge in [0.05, 0.1) is 50.9 Å². The average molecular weight is 439 g/mol. The maximum atomic E-state index is 11.7. The zero-order chi connectivity index (χ0) is 19.8. The monoisotopic (exact) mass is 438 g/mol. The maximum Gasteiger partial charge on any atom is 0.307 e. The fourth-order valence-corrected chi connectivity index (χ4v) is 1.77. The SMILES string of the molecule is COC(=O)CCNC(=O)/C(Br)=C\C(=O)NCCOCCOCCC(=O)O. The molecule has 0 rings (SSSR count). The number of aliphatic carboxylic acids is 1. The van der Waals surface area contributed by atoms with Crippen LogP contribution in [-0.4, -0.2) is 75.5 Å². The van der Waals surface area contributed by atoms with Gasteiger partial charge in [0.15, 0.2) is 0 Å². The Morgan fingerprint density at radius 2 is 1.62 bits per heavy atom. The average Bonchev–Trinajstić information content (AvgIpc) is 2.59. The molecule has 10 nitrogen and oxygen atoms in total. The van der Waals surface area contributed by atoms with Gasteiger partial charge in [0, 0.05) is 19.2 Å². The molecule has 0 aromatic heterocycles. The molecule has 0 spiro atoms. The van der Waals surface area contributed by atoms with Crippen LogP contribution in [0.3, 0.4) is 0 Å². The van der Waals surface area contributed by atoms with E-state index in [-0.39, 0.29) is 56.8 Å². The second kappa shape index (κ2) is 15.3. The second-order valence-corrected chi connectivity index (χ2v) is 5.59. The minimum absolute atomic E-state index is 0.0209. The topological polar surface area (TPSA) is 140 Å². The Labute approximate surface area is 159 Å². The number of carbonyl (C=O) groups excluding carboxylic acids is 3. The number of ether oxygens (including phenoxy) is 3. The largest absolute Gasteiger partial charge is 0.481 e. The standard InChI is InChI=1S/C15H23BrN2O8/c1-24-14(22)2-4-18-15(23)11(16)10-12(19)17-5-7-26-9-8-25-6-3-13(20)21/h10H,2-9H2,1H3,(H,17,19)(H,18,23)(H,20,21)/b11-10+. The van der Waals surface area contributed by atoms with E-state index in [1.54, 1.807) is 0 Å². The van der Waals surface area contributed by atoms with E-state index in [0.29, 0.717) is 0 Å². The Morgan fingerprint density at radius 1 is 0.962 bits per heavy atom. The summed E-state index contributed by atoms with van der Waals surface area (Å²) in [5.41, 5.74) is 0. The zero-order valence-corrected chi connectivity index (χ0v) is 16.0. The molecule has 0 saturated carbocycles. The predicted molar refractivity (Wildman–Crippen MR) is 93.6 cm³/mol. The summed E-state index contributed by atoms with van der Waals surface area (Å²) in [6.45, 7) is 1.23. The minimum Gasteiger partial charge on any atom is -0.481 e. The molecule has 0 aliphatic carbocycles. The van der Waals surface area contributed by atoms with Crippen molar-refractivity contribution in [2.75, 3.05) is 46.6 Å². The number of rotatable bonds is 14. The van der Waals surface area contributed by atoms with Gasteiger partial charge in [0.1, 0.15) is 0 Å². The van der Waals surface area contributed by atoms with E-state index in [1.165, 1.54) is 7.11 Å². The van der Waals surface area contributed by atoms with Crippen molar-refractivity contribution in [3.8, 4) is 0 Å². The van der Waals surface area contributed by atoms with Gasteiger partial charge < -0.3 is 30.0 Å². The Morgan fingerprint density at radius 3 is 2.23 bits per heavy atom. The summed E-state index contributed by atoms with van der Waals surface area (Å²) in [7, 11) is 1.25. The lowest BCUT2D eigenvalue weighted by Crippen LogP contribution is -2.29.